The first-order valence-electron chi connectivity index (χ1n) is 11.1. The quantitative estimate of drug-likeness (QED) is 0.734. The van der Waals surface area contributed by atoms with E-state index in [1.54, 1.807) is 18.0 Å². The van der Waals surface area contributed by atoms with Crippen LogP contribution in [0.25, 0.3) is 0 Å². The SMILES string of the molecule is CC(C)c1ccc(N2CC3(N=N2)C(=O)OC2C3CC[C@H](C)[C@]3(O)C=CC(=O)[C@@]23C)cc1. The Kier molecular flexibility index (Phi) is 4.26. The molecule has 1 aromatic carbocycles. The normalized spacial score (nSPS) is 41.1. The first-order chi connectivity index (χ1) is 14.6. The fourth-order valence-electron chi connectivity index (χ4n) is 5.95. The second-order valence-electron chi connectivity index (χ2n) is 10.1. The first-order valence-corrected chi connectivity index (χ1v) is 11.1. The van der Waals surface area contributed by atoms with Crippen molar-refractivity contribution in [3.8, 4) is 0 Å². The lowest BCUT2D eigenvalue weighted by Crippen LogP contribution is -2.57. The Balaban J connectivity index is 1.49. The van der Waals surface area contributed by atoms with Crippen molar-refractivity contribution >= 4 is 17.4 Å². The summed E-state index contributed by atoms with van der Waals surface area (Å²) in [6.45, 7) is 8.24. The first kappa shape index (κ1) is 20.4. The molecule has 5 rings (SSSR count). The molecule has 0 amide bonds. The Labute approximate surface area is 182 Å². The van der Waals surface area contributed by atoms with Crippen LogP contribution in [0.15, 0.2) is 46.8 Å². The molecule has 164 valence electrons. The molecule has 0 aromatic heterocycles. The van der Waals surface area contributed by atoms with Crippen molar-refractivity contribution in [3.05, 3.63) is 42.0 Å². The van der Waals surface area contributed by atoms with Gasteiger partial charge in [0.2, 0.25) is 5.54 Å². The average Bonchev–Trinajstić information content (AvgIpc) is 3.37. The molecule has 1 saturated carbocycles. The molecule has 1 saturated heterocycles. The number of hydrogen-bond acceptors (Lipinski definition) is 7. The van der Waals surface area contributed by atoms with Crippen molar-refractivity contribution in [2.24, 2.45) is 27.6 Å². The third-order valence-electron chi connectivity index (χ3n) is 8.21. The number of fused-ring (bicyclic) bond motifs is 4. The standard InChI is InChI=1S/C24H29N3O4/c1-14(2)16-6-8-17(9-7-16)27-13-23(25-26-27)18-10-5-15(3)24(30)12-11-19(28)22(24,4)20(18)31-21(23)29/h6-9,11-12,14-15,18,20,30H,5,10,13H2,1-4H3/t15-,18?,20?,22-,23?,24+/m0/s1. The summed E-state index contributed by atoms with van der Waals surface area (Å²) < 4.78 is 5.88. The number of esters is 1. The van der Waals surface area contributed by atoms with Crippen LogP contribution in [0.1, 0.15) is 52.0 Å². The summed E-state index contributed by atoms with van der Waals surface area (Å²) in [5.74, 6) is -0.685. The molecule has 4 aliphatic rings. The minimum absolute atomic E-state index is 0.139. The van der Waals surface area contributed by atoms with Gasteiger partial charge in [0, 0.05) is 5.92 Å². The largest absolute Gasteiger partial charge is 0.459 e. The summed E-state index contributed by atoms with van der Waals surface area (Å²) in [6.07, 6.45) is 3.60. The Morgan fingerprint density at radius 2 is 1.90 bits per heavy atom. The number of benzene rings is 1. The van der Waals surface area contributed by atoms with E-state index >= 15 is 0 Å². The molecule has 0 radical (unpaired) electrons. The van der Waals surface area contributed by atoms with Gasteiger partial charge in [0.15, 0.2) is 5.78 Å². The molecule has 7 heteroatoms. The number of carbonyl (C=O) groups is 2. The molecule has 0 bridgehead atoms. The van der Waals surface area contributed by atoms with E-state index in [4.69, 9.17) is 4.74 Å². The summed E-state index contributed by atoms with van der Waals surface area (Å²) in [5.41, 5.74) is -1.61. The van der Waals surface area contributed by atoms with Crippen LogP contribution in [-0.2, 0) is 14.3 Å². The number of carbonyl (C=O) groups excluding carboxylic acids is 2. The maximum atomic E-state index is 13.2. The minimum atomic E-state index is -1.34. The summed E-state index contributed by atoms with van der Waals surface area (Å²) in [7, 11) is 0. The lowest BCUT2D eigenvalue weighted by molar-refractivity contribution is -0.166. The van der Waals surface area contributed by atoms with Crippen LogP contribution >= 0.6 is 0 Å². The van der Waals surface area contributed by atoms with Crippen molar-refractivity contribution in [1.82, 2.24) is 0 Å². The van der Waals surface area contributed by atoms with Gasteiger partial charge in [-0.3, -0.25) is 4.79 Å². The van der Waals surface area contributed by atoms with E-state index in [0.29, 0.717) is 18.8 Å². The maximum Gasteiger partial charge on any atom is 0.338 e. The van der Waals surface area contributed by atoms with Crippen LogP contribution < -0.4 is 5.01 Å². The molecule has 7 nitrogen and oxygen atoms in total. The van der Waals surface area contributed by atoms with Gasteiger partial charge in [-0.25, -0.2) is 9.80 Å². The van der Waals surface area contributed by atoms with Gasteiger partial charge in [0.1, 0.15) is 11.7 Å². The molecule has 1 N–H and O–H groups in total. The molecule has 2 aliphatic carbocycles. The van der Waals surface area contributed by atoms with Crippen molar-refractivity contribution in [2.75, 3.05) is 11.6 Å². The zero-order valence-electron chi connectivity index (χ0n) is 18.4. The number of ether oxygens (including phenoxy) is 1. The van der Waals surface area contributed by atoms with E-state index in [-0.39, 0.29) is 24.2 Å². The number of aliphatic hydroxyl groups is 1. The van der Waals surface area contributed by atoms with Gasteiger partial charge in [0.05, 0.1) is 17.6 Å². The molecule has 2 heterocycles. The summed E-state index contributed by atoms with van der Waals surface area (Å²) >= 11 is 0. The number of allylic oxidation sites excluding steroid dienone is 1. The Bertz CT molecular complexity index is 1000. The van der Waals surface area contributed by atoms with E-state index in [9.17, 15) is 14.7 Å². The van der Waals surface area contributed by atoms with Crippen LogP contribution in [-0.4, -0.2) is 40.6 Å². The number of rotatable bonds is 2. The van der Waals surface area contributed by atoms with E-state index in [2.05, 4.69) is 36.3 Å². The minimum Gasteiger partial charge on any atom is -0.459 e. The van der Waals surface area contributed by atoms with E-state index < -0.39 is 28.6 Å². The van der Waals surface area contributed by atoms with Gasteiger partial charge in [-0.1, -0.05) is 38.1 Å². The molecule has 31 heavy (non-hydrogen) atoms. The van der Waals surface area contributed by atoms with Crippen molar-refractivity contribution < 1.29 is 19.4 Å². The molecule has 1 aromatic rings. The highest BCUT2D eigenvalue weighted by atomic mass is 16.6. The Morgan fingerprint density at radius 1 is 1.19 bits per heavy atom. The van der Waals surface area contributed by atoms with Gasteiger partial charge in [-0.2, -0.15) is 0 Å². The van der Waals surface area contributed by atoms with Crippen LogP contribution in [0.2, 0.25) is 0 Å². The molecule has 6 atom stereocenters. The van der Waals surface area contributed by atoms with E-state index in [1.165, 1.54) is 11.6 Å². The third-order valence-corrected chi connectivity index (χ3v) is 8.21. The average molecular weight is 424 g/mol. The molecule has 2 fully saturated rings. The second-order valence-corrected chi connectivity index (χ2v) is 10.1. The number of anilines is 1. The fourth-order valence-corrected chi connectivity index (χ4v) is 5.95. The van der Waals surface area contributed by atoms with Crippen LogP contribution in [0.5, 0.6) is 0 Å². The number of hydrogen-bond donors (Lipinski definition) is 1. The predicted molar refractivity (Wildman–Crippen MR) is 114 cm³/mol. The van der Waals surface area contributed by atoms with Gasteiger partial charge in [0.25, 0.3) is 0 Å². The zero-order valence-corrected chi connectivity index (χ0v) is 18.4. The topological polar surface area (TPSA) is 91.6 Å². The van der Waals surface area contributed by atoms with Gasteiger partial charge in [-0.05, 0) is 61.4 Å². The van der Waals surface area contributed by atoms with E-state index in [0.717, 1.165) is 5.69 Å². The highest BCUT2D eigenvalue weighted by Crippen LogP contribution is 2.59. The molecular formula is C24H29N3O4. The Hall–Kier alpha value is -2.54. The van der Waals surface area contributed by atoms with Crippen LogP contribution in [0.4, 0.5) is 5.69 Å². The molecule has 1 spiro atoms. The summed E-state index contributed by atoms with van der Waals surface area (Å²) in [5, 5.41) is 22.0. The smallest absolute Gasteiger partial charge is 0.338 e. The zero-order chi connectivity index (χ0) is 22.2. The van der Waals surface area contributed by atoms with Crippen LogP contribution in [0, 0.1) is 17.3 Å². The van der Waals surface area contributed by atoms with E-state index in [1.807, 2.05) is 19.1 Å². The Morgan fingerprint density at radius 3 is 2.58 bits per heavy atom. The third kappa shape index (κ3) is 2.50. The molecule has 3 unspecified atom stereocenters. The molecule has 2 aliphatic heterocycles. The van der Waals surface area contributed by atoms with Crippen molar-refractivity contribution in [1.29, 1.82) is 0 Å². The lowest BCUT2D eigenvalue weighted by Gasteiger charge is -2.43. The van der Waals surface area contributed by atoms with Gasteiger partial charge < -0.3 is 9.84 Å². The highest BCUT2D eigenvalue weighted by Gasteiger charge is 2.72. The second kappa shape index (κ2) is 6.48. The monoisotopic (exact) mass is 423 g/mol. The molecular weight excluding hydrogens is 394 g/mol. The number of ketones is 1. The van der Waals surface area contributed by atoms with Crippen molar-refractivity contribution in [2.45, 2.75) is 63.7 Å². The highest BCUT2D eigenvalue weighted by molar-refractivity contribution is 6.00. The lowest BCUT2D eigenvalue weighted by atomic mass is 9.63. The summed E-state index contributed by atoms with van der Waals surface area (Å²) in [6, 6.07) is 8.11. The maximum absolute atomic E-state index is 13.2. The fraction of sp³-hybridized carbons (Fsp3) is 0.583. The van der Waals surface area contributed by atoms with Gasteiger partial charge in [-0.15, -0.1) is 5.11 Å². The summed E-state index contributed by atoms with van der Waals surface area (Å²) in [4.78, 5) is 26.2. The predicted octanol–water partition coefficient (Wildman–Crippen LogP) is 3.58. The van der Waals surface area contributed by atoms with Crippen molar-refractivity contribution in [3.63, 3.8) is 0 Å². The van der Waals surface area contributed by atoms with Gasteiger partial charge >= 0.3 is 5.97 Å². The van der Waals surface area contributed by atoms with Crippen LogP contribution in [0.3, 0.4) is 0 Å². The number of nitrogens with zero attached hydrogens (tertiary/aromatic N) is 3.